The largest absolute Gasteiger partial charge is 0.425 e. The Morgan fingerprint density at radius 2 is 1.43 bits per heavy atom. The molecule has 0 amide bonds. The minimum atomic E-state index is -0.371. The Bertz CT molecular complexity index is 1040. The van der Waals surface area contributed by atoms with Gasteiger partial charge in [0.1, 0.15) is 23.5 Å². The van der Waals surface area contributed by atoms with E-state index in [0.29, 0.717) is 26.9 Å². The molecule has 1 aromatic carbocycles. The van der Waals surface area contributed by atoms with Crippen molar-refractivity contribution < 1.29 is 19.1 Å². The predicted octanol–water partition coefficient (Wildman–Crippen LogP) is 8.04. The molecule has 0 aromatic heterocycles. The molecule has 0 bridgehead atoms. The highest BCUT2D eigenvalue weighted by atomic mass is 35.5. The molecule has 9 heteroatoms. The van der Waals surface area contributed by atoms with Gasteiger partial charge in [-0.3, -0.25) is 9.59 Å². The van der Waals surface area contributed by atoms with Gasteiger partial charge in [0.05, 0.1) is 30.9 Å². The molecule has 6 nitrogen and oxygen atoms in total. The van der Waals surface area contributed by atoms with Crippen molar-refractivity contribution in [2.24, 2.45) is 11.8 Å². The van der Waals surface area contributed by atoms with E-state index in [-0.39, 0.29) is 45.9 Å². The van der Waals surface area contributed by atoms with Crippen LogP contribution in [0, 0.1) is 34.5 Å². The van der Waals surface area contributed by atoms with Crippen molar-refractivity contribution in [3.8, 4) is 23.6 Å². The first kappa shape index (κ1) is 29.1. The van der Waals surface area contributed by atoms with Crippen LogP contribution in [0.15, 0.2) is 25.7 Å². The van der Waals surface area contributed by atoms with Crippen LogP contribution in [-0.4, -0.2) is 11.9 Å². The van der Waals surface area contributed by atoms with Gasteiger partial charge >= 0.3 is 11.9 Å². The second-order valence-corrected chi connectivity index (χ2v) is 11.0. The lowest BCUT2D eigenvalue weighted by Crippen LogP contribution is -2.21. The molecule has 1 aromatic rings. The molecule has 0 saturated carbocycles. The summed E-state index contributed by atoms with van der Waals surface area (Å²) in [5.74, 6) is -0.810. The molecule has 1 aliphatic rings. The number of ether oxygens (including phenoxy) is 2. The molecule has 1 aliphatic heterocycles. The highest BCUT2D eigenvalue weighted by molar-refractivity contribution is 8.24. The number of unbranched alkanes of at least 4 members (excludes halogenated alkanes) is 2. The second-order valence-electron chi connectivity index (χ2n) is 8.27. The minimum Gasteiger partial charge on any atom is -0.425 e. The van der Waals surface area contributed by atoms with Crippen LogP contribution in [0.1, 0.15) is 79.1 Å². The first-order chi connectivity index (χ1) is 16.8. The molecule has 0 N–H and O–H groups in total. The summed E-state index contributed by atoms with van der Waals surface area (Å²) in [6, 6.07) is 5.27. The van der Waals surface area contributed by atoms with E-state index in [0.717, 1.165) is 62.0 Å². The predicted molar refractivity (Wildman–Crippen MR) is 139 cm³/mol. The van der Waals surface area contributed by atoms with Gasteiger partial charge in [0.2, 0.25) is 0 Å². The Hall–Kier alpha value is -2.13. The third kappa shape index (κ3) is 7.43. The molecule has 1 heterocycles. The topological polar surface area (TPSA) is 100 Å². The SMILES string of the molecule is CCCCC(CC)C(=O)Oc1cc(Cl)c(OC(=O)C(CC)CCCC)c2c1SC(=C(C#N)C#N)S2. The number of nitrogens with zero attached hydrogens (tertiary/aromatic N) is 2. The lowest BCUT2D eigenvalue weighted by Gasteiger charge is -2.18. The van der Waals surface area contributed by atoms with Gasteiger partial charge in [0.25, 0.3) is 0 Å². The summed E-state index contributed by atoms with van der Waals surface area (Å²) >= 11 is 8.82. The summed E-state index contributed by atoms with van der Waals surface area (Å²) < 4.78 is 12.0. The summed E-state index contributed by atoms with van der Waals surface area (Å²) in [6.07, 6.45) is 6.53. The lowest BCUT2D eigenvalue weighted by molar-refractivity contribution is -0.140. The van der Waals surface area contributed by atoms with Crippen molar-refractivity contribution in [2.75, 3.05) is 0 Å². The number of nitriles is 2. The van der Waals surface area contributed by atoms with Crippen LogP contribution in [0.4, 0.5) is 0 Å². The number of hydrogen-bond acceptors (Lipinski definition) is 8. The zero-order chi connectivity index (χ0) is 26.0. The van der Waals surface area contributed by atoms with Gasteiger partial charge in [0.15, 0.2) is 5.75 Å². The van der Waals surface area contributed by atoms with Crippen molar-refractivity contribution in [3.63, 3.8) is 0 Å². The van der Waals surface area contributed by atoms with E-state index in [9.17, 15) is 20.1 Å². The summed E-state index contributed by atoms with van der Waals surface area (Å²) in [4.78, 5) is 26.8. The van der Waals surface area contributed by atoms with Crippen LogP contribution in [0.2, 0.25) is 5.02 Å². The zero-order valence-corrected chi connectivity index (χ0v) is 23.0. The van der Waals surface area contributed by atoms with Crippen LogP contribution in [0.25, 0.3) is 0 Å². The number of fused-ring (bicyclic) bond motifs is 1. The third-order valence-electron chi connectivity index (χ3n) is 5.81. The van der Waals surface area contributed by atoms with E-state index >= 15 is 0 Å². The molecule has 2 unspecified atom stereocenters. The first-order valence-electron chi connectivity index (χ1n) is 12.0. The first-order valence-corrected chi connectivity index (χ1v) is 14.1. The molecule has 0 fully saturated rings. The Morgan fingerprint density at radius 1 is 0.914 bits per heavy atom. The van der Waals surface area contributed by atoms with E-state index in [1.165, 1.54) is 6.07 Å². The molecule has 0 radical (unpaired) electrons. The van der Waals surface area contributed by atoms with Crippen LogP contribution >= 0.6 is 35.1 Å². The number of thioether (sulfide) groups is 2. The number of halogens is 1. The monoisotopic (exact) mass is 534 g/mol. The number of rotatable bonds is 12. The maximum absolute atomic E-state index is 12.9. The van der Waals surface area contributed by atoms with Gasteiger partial charge in [-0.05, 0) is 25.7 Å². The fraction of sp³-hybridized carbons (Fsp3) is 0.538. The third-order valence-corrected chi connectivity index (χ3v) is 8.70. The lowest BCUT2D eigenvalue weighted by atomic mass is 10.00. The van der Waals surface area contributed by atoms with Crippen molar-refractivity contribution >= 4 is 47.1 Å². The quantitative estimate of drug-likeness (QED) is 0.151. The van der Waals surface area contributed by atoms with Gasteiger partial charge in [-0.15, -0.1) is 0 Å². The number of carbonyl (C=O) groups is 2. The number of esters is 2. The van der Waals surface area contributed by atoms with Gasteiger partial charge in [0, 0.05) is 6.07 Å². The summed E-state index contributed by atoms with van der Waals surface area (Å²) in [5.41, 5.74) is -0.0642. The van der Waals surface area contributed by atoms with Crippen molar-refractivity contribution in [3.05, 3.63) is 20.9 Å². The fourth-order valence-corrected chi connectivity index (χ4v) is 6.39. The standard InChI is InChI=1S/C26H31ClN2O4S2/c1-5-9-11-16(7-3)24(30)32-20-13-19(27)21(33-25(31)17(8-4)12-10-6-2)23-22(20)34-26(35-23)18(14-28)15-29/h13,16-17H,5-12H2,1-4H3. The fourth-order valence-electron chi connectivity index (χ4n) is 3.61. The normalized spacial score (nSPS) is 13.9. The average molecular weight is 535 g/mol. The van der Waals surface area contributed by atoms with Crippen molar-refractivity contribution in [1.82, 2.24) is 0 Å². The zero-order valence-electron chi connectivity index (χ0n) is 20.6. The highest BCUT2D eigenvalue weighted by Crippen LogP contribution is 2.60. The summed E-state index contributed by atoms with van der Waals surface area (Å²) in [7, 11) is 0. The number of hydrogen-bond donors (Lipinski definition) is 0. The van der Waals surface area contributed by atoms with E-state index in [1.807, 2.05) is 26.0 Å². The molecule has 0 saturated heterocycles. The van der Waals surface area contributed by atoms with Crippen LogP contribution < -0.4 is 9.47 Å². The maximum atomic E-state index is 12.9. The Labute approximate surface area is 221 Å². The number of benzene rings is 1. The summed E-state index contributed by atoms with van der Waals surface area (Å²) in [6.45, 7) is 8.02. The molecule has 0 aliphatic carbocycles. The van der Waals surface area contributed by atoms with Crippen LogP contribution in [0.5, 0.6) is 11.5 Å². The molecule has 2 atom stereocenters. The van der Waals surface area contributed by atoms with E-state index < -0.39 is 0 Å². The Morgan fingerprint density at radius 3 is 1.91 bits per heavy atom. The van der Waals surface area contributed by atoms with Gasteiger partial charge in [-0.25, -0.2) is 0 Å². The maximum Gasteiger partial charge on any atom is 0.314 e. The minimum absolute atomic E-state index is 0.0642. The van der Waals surface area contributed by atoms with Crippen molar-refractivity contribution in [2.45, 2.75) is 88.9 Å². The molecule has 188 valence electrons. The molecule has 2 rings (SSSR count). The smallest absolute Gasteiger partial charge is 0.314 e. The van der Waals surface area contributed by atoms with Crippen molar-refractivity contribution in [1.29, 1.82) is 10.5 Å². The highest BCUT2D eigenvalue weighted by Gasteiger charge is 2.33. The molecular formula is C26H31ClN2O4S2. The van der Waals surface area contributed by atoms with E-state index in [2.05, 4.69) is 13.8 Å². The van der Waals surface area contributed by atoms with Crippen LogP contribution in [-0.2, 0) is 9.59 Å². The second kappa shape index (κ2) is 14.4. The van der Waals surface area contributed by atoms with Gasteiger partial charge in [-0.1, -0.05) is 88.5 Å². The molecular weight excluding hydrogens is 504 g/mol. The number of carbonyl (C=O) groups excluding carboxylic acids is 2. The molecule has 0 spiro atoms. The number of allylic oxidation sites excluding steroid dienone is 1. The Kier molecular flexibility index (Phi) is 12.0. The van der Waals surface area contributed by atoms with Gasteiger partial charge < -0.3 is 9.47 Å². The van der Waals surface area contributed by atoms with E-state index in [1.54, 1.807) is 0 Å². The van der Waals surface area contributed by atoms with Crippen LogP contribution in [0.3, 0.4) is 0 Å². The van der Waals surface area contributed by atoms with E-state index in [4.69, 9.17) is 21.1 Å². The Balaban J connectivity index is 2.47. The summed E-state index contributed by atoms with van der Waals surface area (Å²) in [5, 5.41) is 18.9. The van der Waals surface area contributed by atoms with Gasteiger partial charge in [-0.2, -0.15) is 10.5 Å². The average Bonchev–Trinajstić information content (AvgIpc) is 3.28. The molecule has 35 heavy (non-hydrogen) atoms.